The Morgan fingerprint density at radius 3 is 2.38 bits per heavy atom. The Hall–Kier alpha value is -5.58. The molecule has 3 aromatic heterocycles. The molecule has 1 aliphatic heterocycles. The van der Waals surface area contributed by atoms with E-state index in [1.165, 1.54) is 47.1 Å². The van der Waals surface area contributed by atoms with E-state index in [0.717, 1.165) is 16.5 Å². The highest BCUT2D eigenvalue weighted by Crippen LogP contribution is 2.26. The highest BCUT2D eigenvalue weighted by molar-refractivity contribution is 7.09. The van der Waals surface area contributed by atoms with Gasteiger partial charge in [-0.1, -0.05) is 39.0 Å². The van der Waals surface area contributed by atoms with Gasteiger partial charge in [0, 0.05) is 62.5 Å². The number of benzene rings is 1. The number of thiazole rings is 1. The Balaban J connectivity index is 1.47. The van der Waals surface area contributed by atoms with E-state index in [9.17, 15) is 28.8 Å². The fourth-order valence-corrected chi connectivity index (χ4v) is 7.29. The van der Waals surface area contributed by atoms with Gasteiger partial charge in [0.1, 0.15) is 29.3 Å². The van der Waals surface area contributed by atoms with Crippen LogP contribution in [0.1, 0.15) is 83.4 Å². The highest BCUT2D eigenvalue weighted by Gasteiger charge is 2.31. The van der Waals surface area contributed by atoms with Gasteiger partial charge in [-0.05, 0) is 37.8 Å². The minimum Gasteiger partial charge on any atom is -0.435 e. The van der Waals surface area contributed by atoms with Crippen molar-refractivity contribution in [2.24, 2.45) is 5.92 Å². The standard InChI is InChI=1S/C38H49N9O7S/c1-8-32-41-22(4)33(54-32)38(53)47-14-13-45(6)36(51)23(5)40-30(48)18-46(7)37(52)28(16-24-17-39-26-12-10-9-11-25(24)26)43-34(50)29-20-55-35(44-29)27(15-21(2)3)42-31(49)19-47/h9-12,17,20-21,23,27-28,39H,8,13-16,18-19H2,1-7H3,(H,40,48)(H,42,49)(H,43,50)/t23-,27-,28+/m0/s1. The monoisotopic (exact) mass is 775 g/mol. The third-order valence-corrected chi connectivity index (χ3v) is 10.3. The molecule has 0 unspecified atom stereocenters. The Bertz CT molecular complexity index is 2050. The molecule has 4 N–H and O–H groups in total. The molecular formula is C38H49N9O7S. The van der Waals surface area contributed by atoms with E-state index in [0.29, 0.717) is 29.4 Å². The zero-order chi connectivity index (χ0) is 40.0. The normalized spacial score (nSPS) is 20.0. The predicted octanol–water partition coefficient (Wildman–Crippen LogP) is 2.61. The molecule has 294 valence electrons. The topological polar surface area (TPSA) is 203 Å². The number of hydrogen-bond acceptors (Lipinski definition) is 10. The van der Waals surface area contributed by atoms with Gasteiger partial charge in [-0.25, -0.2) is 9.97 Å². The van der Waals surface area contributed by atoms with Crippen molar-refractivity contribution in [1.29, 1.82) is 0 Å². The molecule has 55 heavy (non-hydrogen) atoms. The number of para-hydroxylation sites is 1. The molecular weight excluding hydrogens is 727 g/mol. The lowest BCUT2D eigenvalue weighted by Crippen LogP contribution is -2.53. The average Bonchev–Trinajstić information content (AvgIpc) is 3.90. The molecule has 1 aliphatic rings. The number of nitrogens with one attached hydrogen (secondary N) is 4. The summed E-state index contributed by atoms with van der Waals surface area (Å²) in [6.45, 7) is 8.23. The third kappa shape index (κ3) is 9.95. The molecule has 0 saturated heterocycles. The van der Waals surface area contributed by atoms with E-state index in [1.54, 1.807) is 18.5 Å². The zero-order valence-corrected chi connectivity index (χ0v) is 33.0. The van der Waals surface area contributed by atoms with Crippen LogP contribution in [0.15, 0.2) is 40.3 Å². The molecule has 6 amide bonds. The van der Waals surface area contributed by atoms with E-state index < -0.39 is 53.6 Å². The minimum atomic E-state index is -1.08. The summed E-state index contributed by atoms with van der Waals surface area (Å²) >= 11 is 1.19. The van der Waals surface area contributed by atoms with Crippen molar-refractivity contribution in [3.63, 3.8) is 0 Å². The van der Waals surface area contributed by atoms with Crippen LogP contribution >= 0.6 is 11.3 Å². The molecule has 0 aliphatic carbocycles. The second-order valence-corrected chi connectivity index (χ2v) is 15.1. The van der Waals surface area contributed by atoms with E-state index in [4.69, 9.17) is 4.42 Å². The van der Waals surface area contributed by atoms with Crippen LogP contribution in [0.3, 0.4) is 0 Å². The second-order valence-electron chi connectivity index (χ2n) is 14.3. The van der Waals surface area contributed by atoms with Crippen molar-refractivity contribution < 1.29 is 33.2 Å². The molecule has 17 heteroatoms. The van der Waals surface area contributed by atoms with Crippen LogP contribution in [0.4, 0.5) is 0 Å². The maximum absolute atomic E-state index is 13.9. The molecule has 0 saturated carbocycles. The average molecular weight is 776 g/mol. The highest BCUT2D eigenvalue weighted by atomic mass is 32.1. The maximum Gasteiger partial charge on any atom is 0.292 e. The van der Waals surface area contributed by atoms with E-state index in [1.807, 2.05) is 45.0 Å². The summed E-state index contributed by atoms with van der Waals surface area (Å²) in [5, 5.41) is 11.4. The number of likely N-dealkylation sites (N-methyl/N-ethyl adjacent to an activating group) is 2. The first-order chi connectivity index (χ1) is 26.1. The number of fused-ring (bicyclic) bond motifs is 3. The first kappa shape index (κ1) is 40.6. The number of hydrogen-bond donors (Lipinski definition) is 4. The summed E-state index contributed by atoms with van der Waals surface area (Å²) in [5.41, 5.74) is 2.09. The van der Waals surface area contributed by atoms with E-state index in [2.05, 4.69) is 30.9 Å². The first-order valence-electron chi connectivity index (χ1n) is 18.3. The SMILES string of the molecule is CCc1nc(C)c(C(=O)N2CCN(C)C(=O)[C@H](C)NC(=O)CN(C)C(=O)[C@@H](Cc3c[nH]c4ccccc34)NC(=O)c3csc(n3)[C@H](CC(C)C)NC(=O)C2)o1. The number of rotatable bonds is 6. The third-order valence-electron chi connectivity index (χ3n) is 9.34. The van der Waals surface area contributed by atoms with Crippen molar-refractivity contribution in [1.82, 2.24) is 45.6 Å². The molecule has 0 spiro atoms. The Morgan fingerprint density at radius 1 is 0.945 bits per heavy atom. The van der Waals surface area contributed by atoms with Crippen LogP contribution in [0.25, 0.3) is 10.9 Å². The van der Waals surface area contributed by atoms with Crippen molar-refractivity contribution in [2.45, 2.75) is 72.0 Å². The number of aryl methyl sites for hydroxylation is 2. The fraction of sp³-hybridized carbons (Fsp3) is 0.474. The van der Waals surface area contributed by atoms with Crippen molar-refractivity contribution in [2.75, 3.05) is 40.3 Å². The number of oxazole rings is 1. The minimum absolute atomic E-state index is 0.000700. The summed E-state index contributed by atoms with van der Waals surface area (Å²) in [7, 11) is 2.99. The Kier molecular flexibility index (Phi) is 13.1. The zero-order valence-electron chi connectivity index (χ0n) is 32.2. The molecule has 1 aromatic carbocycles. The molecule has 0 radical (unpaired) electrons. The van der Waals surface area contributed by atoms with Gasteiger partial charge in [0.05, 0.1) is 18.3 Å². The van der Waals surface area contributed by atoms with Crippen LogP contribution in [-0.4, -0.2) is 117 Å². The number of amides is 6. The number of nitrogens with zero attached hydrogens (tertiary/aromatic N) is 5. The largest absolute Gasteiger partial charge is 0.435 e. The van der Waals surface area contributed by atoms with E-state index >= 15 is 0 Å². The fourth-order valence-electron chi connectivity index (χ4n) is 6.43. The summed E-state index contributed by atoms with van der Waals surface area (Å²) in [5.74, 6) is -2.71. The van der Waals surface area contributed by atoms with Gasteiger partial charge in [-0.2, -0.15) is 0 Å². The van der Waals surface area contributed by atoms with Gasteiger partial charge in [0.2, 0.25) is 29.4 Å². The Morgan fingerprint density at radius 2 is 1.67 bits per heavy atom. The maximum atomic E-state index is 13.9. The number of carbonyl (C=O) groups excluding carboxylic acids is 6. The molecule has 2 bridgehead atoms. The number of carbonyl (C=O) groups is 6. The first-order valence-corrected chi connectivity index (χ1v) is 19.2. The van der Waals surface area contributed by atoms with Crippen molar-refractivity contribution in [3.8, 4) is 0 Å². The molecule has 3 atom stereocenters. The molecule has 4 heterocycles. The molecule has 4 aromatic rings. The summed E-state index contributed by atoms with van der Waals surface area (Å²) in [4.78, 5) is 97.8. The van der Waals surface area contributed by atoms with Crippen LogP contribution < -0.4 is 16.0 Å². The predicted molar refractivity (Wildman–Crippen MR) is 205 cm³/mol. The quantitative estimate of drug-likeness (QED) is 0.227. The summed E-state index contributed by atoms with van der Waals surface area (Å²) in [6.07, 6.45) is 2.85. The summed E-state index contributed by atoms with van der Waals surface area (Å²) < 4.78 is 5.72. The van der Waals surface area contributed by atoms with Crippen LogP contribution in [0.5, 0.6) is 0 Å². The molecule has 0 fully saturated rings. The number of aromatic amines is 1. The van der Waals surface area contributed by atoms with Gasteiger partial charge >= 0.3 is 0 Å². The van der Waals surface area contributed by atoms with Crippen LogP contribution in [0.2, 0.25) is 0 Å². The van der Waals surface area contributed by atoms with E-state index in [-0.39, 0.29) is 50.0 Å². The molecule has 5 rings (SSSR count). The number of aromatic nitrogens is 3. The lowest BCUT2D eigenvalue weighted by Gasteiger charge is -2.28. The van der Waals surface area contributed by atoms with Crippen LogP contribution in [-0.2, 0) is 32.0 Å². The smallest absolute Gasteiger partial charge is 0.292 e. The Labute approximate surface area is 323 Å². The lowest BCUT2D eigenvalue weighted by molar-refractivity contribution is -0.138. The van der Waals surface area contributed by atoms with Crippen molar-refractivity contribution in [3.05, 3.63) is 69.5 Å². The van der Waals surface area contributed by atoms with Gasteiger partial charge in [-0.15, -0.1) is 11.3 Å². The van der Waals surface area contributed by atoms with Crippen LogP contribution in [0, 0.1) is 12.8 Å². The van der Waals surface area contributed by atoms with Gasteiger partial charge in [0.15, 0.2) is 5.89 Å². The second kappa shape index (κ2) is 17.7. The number of H-pyrrole nitrogens is 1. The molecule has 16 nitrogen and oxygen atoms in total. The van der Waals surface area contributed by atoms with Gasteiger partial charge < -0.3 is 40.1 Å². The lowest BCUT2D eigenvalue weighted by atomic mass is 10.0. The summed E-state index contributed by atoms with van der Waals surface area (Å²) in [6, 6.07) is 4.93. The van der Waals surface area contributed by atoms with Gasteiger partial charge in [-0.3, -0.25) is 28.8 Å². The van der Waals surface area contributed by atoms with Crippen molar-refractivity contribution >= 4 is 57.7 Å². The van der Waals surface area contributed by atoms with Gasteiger partial charge in [0.25, 0.3) is 11.8 Å².